The summed E-state index contributed by atoms with van der Waals surface area (Å²) in [5.41, 5.74) is -0.901. The van der Waals surface area contributed by atoms with Gasteiger partial charge in [0, 0.05) is 22.2 Å². The van der Waals surface area contributed by atoms with E-state index >= 15 is 0 Å². The topological polar surface area (TPSA) is 17.1 Å². The van der Waals surface area contributed by atoms with Crippen LogP contribution in [-0.4, -0.2) is 5.78 Å². The van der Waals surface area contributed by atoms with Crippen molar-refractivity contribution in [2.24, 2.45) is 0 Å². The molecule has 0 radical (unpaired) electrons. The molecule has 0 aliphatic carbocycles. The molecule has 0 N–H and O–H groups in total. The zero-order valence-corrected chi connectivity index (χ0v) is 11.5. The number of benzene rings is 2. The van der Waals surface area contributed by atoms with Crippen LogP contribution in [0.25, 0.3) is 0 Å². The summed E-state index contributed by atoms with van der Waals surface area (Å²) in [6.07, 6.45) is 0. The molecule has 2 aromatic carbocycles. The third-order valence-corrected chi connectivity index (χ3v) is 3.23. The Morgan fingerprint density at radius 3 is 2.21 bits per heavy atom. The number of carbonyl (C=O) groups excluding carboxylic acids is 1. The van der Waals surface area contributed by atoms with Gasteiger partial charge < -0.3 is 0 Å². The fraction of sp³-hybridized carbons (Fsp3) is 0. The fourth-order valence-corrected chi connectivity index (χ4v) is 2.13. The summed E-state index contributed by atoms with van der Waals surface area (Å²) in [5.74, 6) is -4.56. The minimum absolute atomic E-state index is 0.0522. The van der Waals surface area contributed by atoms with Crippen LogP contribution in [0.2, 0.25) is 5.02 Å². The molecule has 0 aliphatic rings. The molecule has 0 aliphatic heterocycles. The Hall–Kier alpha value is -1.33. The van der Waals surface area contributed by atoms with Crippen molar-refractivity contribution in [3.8, 4) is 0 Å². The van der Waals surface area contributed by atoms with Gasteiger partial charge in [0.25, 0.3) is 0 Å². The molecular formula is C13H5BrClF3O. The maximum atomic E-state index is 13.5. The van der Waals surface area contributed by atoms with E-state index in [0.717, 1.165) is 0 Å². The molecule has 0 amide bonds. The second-order valence-corrected chi connectivity index (χ2v) is 5.02. The van der Waals surface area contributed by atoms with Crippen molar-refractivity contribution in [3.63, 3.8) is 0 Å². The molecule has 0 spiro atoms. The van der Waals surface area contributed by atoms with Crippen LogP contribution >= 0.6 is 27.5 Å². The molecule has 0 heterocycles. The first kappa shape index (κ1) is 14.1. The third kappa shape index (κ3) is 2.82. The molecule has 0 unspecified atom stereocenters. The van der Waals surface area contributed by atoms with E-state index in [1.54, 1.807) is 6.07 Å². The van der Waals surface area contributed by atoms with Gasteiger partial charge in [-0.1, -0.05) is 27.5 Å². The van der Waals surface area contributed by atoms with Crippen molar-refractivity contribution in [3.05, 3.63) is 68.4 Å². The van der Waals surface area contributed by atoms with Gasteiger partial charge in [0.15, 0.2) is 5.78 Å². The summed E-state index contributed by atoms with van der Waals surface area (Å²) in [5, 5.41) is 0.0522. The number of hydrogen-bond donors (Lipinski definition) is 0. The Labute approximate surface area is 120 Å². The van der Waals surface area contributed by atoms with Crippen LogP contribution in [0.4, 0.5) is 13.2 Å². The largest absolute Gasteiger partial charge is 0.288 e. The Kier molecular flexibility index (Phi) is 3.96. The van der Waals surface area contributed by atoms with Crippen molar-refractivity contribution in [1.82, 2.24) is 0 Å². The van der Waals surface area contributed by atoms with Crippen LogP contribution < -0.4 is 0 Å². The van der Waals surface area contributed by atoms with Gasteiger partial charge in [-0.25, -0.2) is 13.2 Å². The summed E-state index contributed by atoms with van der Waals surface area (Å²) in [6.45, 7) is 0. The Morgan fingerprint density at radius 1 is 1.05 bits per heavy atom. The van der Waals surface area contributed by atoms with E-state index < -0.39 is 28.8 Å². The highest BCUT2D eigenvalue weighted by Crippen LogP contribution is 2.26. The minimum atomic E-state index is -1.27. The molecule has 6 heteroatoms. The van der Waals surface area contributed by atoms with Crippen LogP contribution in [0.1, 0.15) is 15.9 Å². The van der Waals surface area contributed by atoms with Gasteiger partial charge in [-0.3, -0.25) is 4.79 Å². The highest BCUT2D eigenvalue weighted by atomic mass is 79.9. The van der Waals surface area contributed by atoms with Gasteiger partial charge in [-0.2, -0.15) is 0 Å². The number of rotatable bonds is 2. The summed E-state index contributed by atoms with van der Waals surface area (Å²) < 4.78 is 40.4. The maximum absolute atomic E-state index is 13.5. The first-order valence-corrected chi connectivity index (χ1v) is 6.21. The maximum Gasteiger partial charge on any atom is 0.200 e. The first-order valence-electron chi connectivity index (χ1n) is 5.04. The lowest BCUT2D eigenvalue weighted by Crippen LogP contribution is -2.09. The Balaban J connectivity index is 2.59. The summed E-state index contributed by atoms with van der Waals surface area (Å²) in [7, 11) is 0. The van der Waals surface area contributed by atoms with E-state index in [0.29, 0.717) is 16.6 Å². The van der Waals surface area contributed by atoms with Crippen molar-refractivity contribution in [2.75, 3.05) is 0 Å². The molecule has 0 saturated heterocycles. The van der Waals surface area contributed by atoms with Gasteiger partial charge >= 0.3 is 0 Å². The summed E-state index contributed by atoms with van der Waals surface area (Å²) in [6, 6.07) is 5.23. The van der Waals surface area contributed by atoms with Crippen molar-refractivity contribution >= 4 is 33.3 Å². The predicted octanol–water partition coefficient (Wildman–Crippen LogP) is 4.75. The second-order valence-electron chi connectivity index (χ2n) is 3.70. The van der Waals surface area contributed by atoms with Crippen LogP contribution in [0.5, 0.6) is 0 Å². The molecule has 2 aromatic rings. The number of hydrogen-bond acceptors (Lipinski definition) is 1. The second kappa shape index (κ2) is 5.35. The lowest BCUT2D eigenvalue weighted by molar-refractivity contribution is 0.103. The number of carbonyl (C=O) groups is 1. The molecule has 0 fully saturated rings. The molecule has 0 bridgehead atoms. The van der Waals surface area contributed by atoms with E-state index in [4.69, 9.17) is 11.6 Å². The van der Waals surface area contributed by atoms with E-state index in [2.05, 4.69) is 15.9 Å². The van der Waals surface area contributed by atoms with Gasteiger partial charge in [0.2, 0.25) is 0 Å². The summed E-state index contributed by atoms with van der Waals surface area (Å²) in [4.78, 5) is 12.1. The molecular weight excluding hydrogens is 344 g/mol. The average Bonchev–Trinajstić information content (AvgIpc) is 2.30. The average molecular weight is 350 g/mol. The normalized spacial score (nSPS) is 10.6. The molecule has 98 valence electrons. The molecule has 2 rings (SSSR count). The van der Waals surface area contributed by atoms with Gasteiger partial charge in [-0.05, 0) is 18.2 Å². The predicted molar refractivity (Wildman–Crippen MR) is 68.9 cm³/mol. The van der Waals surface area contributed by atoms with Crippen molar-refractivity contribution in [2.45, 2.75) is 0 Å². The summed E-state index contributed by atoms with van der Waals surface area (Å²) >= 11 is 8.94. The van der Waals surface area contributed by atoms with E-state index in [1.165, 1.54) is 12.1 Å². The third-order valence-electron chi connectivity index (χ3n) is 2.41. The number of halogens is 5. The molecule has 0 saturated carbocycles. The van der Waals surface area contributed by atoms with E-state index in [-0.39, 0.29) is 10.6 Å². The monoisotopic (exact) mass is 348 g/mol. The SMILES string of the molecule is O=C(c1cc(Br)ccc1Cl)c1c(F)cc(F)cc1F. The smallest absolute Gasteiger partial charge is 0.200 e. The van der Waals surface area contributed by atoms with Crippen LogP contribution in [-0.2, 0) is 0 Å². The number of ketones is 1. The minimum Gasteiger partial charge on any atom is -0.288 e. The zero-order chi connectivity index (χ0) is 14.2. The van der Waals surface area contributed by atoms with Crippen molar-refractivity contribution in [1.29, 1.82) is 0 Å². The highest BCUT2D eigenvalue weighted by molar-refractivity contribution is 9.10. The van der Waals surface area contributed by atoms with Crippen molar-refractivity contribution < 1.29 is 18.0 Å². The standard InChI is InChI=1S/C13H5BrClF3O/c14-6-1-2-9(15)8(3-6)13(19)12-10(17)4-7(16)5-11(12)18/h1-5H. The molecule has 0 aromatic heterocycles. The molecule has 0 atom stereocenters. The van der Waals surface area contributed by atoms with Crippen LogP contribution in [0, 0.1) is 17.5 Å². The molecule has 19 heavy (non-hydrogen) atoms. The van der Waals surface area contributed by atoms with E-state index in [9.17, 15) is 18.0 Å². The Morgan fingerprint density at radius 2 is 1.63 bits per heavy atom. The van der Waals surface area contributed by atoms with Gasteiger partial charge in [0.1, 0.15) is 17.5 Å². The molecule has 1 nitrogen and oxygen atoms in total. The lowest BCUT2D eigenvalue weighted by atomic mass is 10.0. The van der Waals surface area contributed by atoms with Crippen LogP contribution in [0.15, 0.2) is 34.8 Å². The zero-order valence-electron chi connectivity index (χ0n) is 9.18. The lowest BCUT2D eigenvalue weighted by Gasteiger charge is -2.07. The fourth-order valence-electron chi connectivity index (χ4n) is 1.57. The van der Waals surface area contributed by atoms with E-state index in [1.807, 2.05) is 0 Å². The van der Waals surface area contributed by atoms with Gasteiger partial charge in [-0.15, -0.1) is 0 Å². The highest BCUT2D eigenvalue weighted by Gasteiger charge is 2.22. The van der Waals surface area contributed by atoms with Gasteiger partial charge in [0.05, 0.1) is 10.6 Å². The quantitative estimate of drug-likeness (QED) is 0.715. The van der Waals surface area contributed by atoms with Crippen LogP contribution in [0.3, 0.4) is 0 Å². The Bertz CT molecular complexity index is 650. The first-order chi connectivity index (χ1) is 8.90.